The maximum absolute atomic E-state index is 11.4. The molecule has 88 valence electrons. The lowest BCUT2D eigenvalue weighted by atomic mass is 9.83. The minimum absolute atomic E-state index is 0.0330. The Hall–Kier alpha value is -1.35. The van der Waals surface area contributed by atoms with Crippen LogP contribution in [0.15, 0.2) is 24.3 Å². The fourth-order valence-corrected chi connectivity index (χ4v) is 1.48. The first-order chi connectivity index (χ1) is 7.36. The molecule has 0 saturated heterocycles. The fourth-order valence-electron chi connectivity index (χ4n) is 1.48. The Morgan fingerprint density at radius 1 is 1.38 bits per heavy atom. The molecule has 1 aromatic rings. The van der Waals surface area contributed by atoms with Crippen LogP contribution >= 0.6 is 0 Å². The van der Waals surface area contributed by atoms with Gasteiger partial charge in [0.2, 0.25) is 0 Å². The maximum Gasteiger partial charge on any atom is 0.337 e. The van der Waals surface area contributed by atoms with Crippen LogP contribution in [0.1, 0.15) is 42.7 Å². The molecule has 0 bridgehead atoms. The van der Waals surface area contributed by atoms with E-state index in [9.17, 15) is 4.79 Å². The lowest BCUT2D eigenvalue weighted by Crippen LogP contribution is -2.26. The summed E-state index contributed by atoms with van der Waals surface area (Å²) >= 11 is 0. The van der Waals surface area contributed by atoms with Gasteiger partial charge in [-0.05, 0) is 23.1 Å². The van der Waals surface area contributed by atoms with Crippen molar-refractivity contribution in [2.24, 2.45) is 11.1 Å². The molecule has 0 spiro atoms. The van der Waals surface area contributed by atoms with E-state index in [1.165, 1.54) is 7.11 Å². The summed E-state index contributed by atoms with van der Waals surface area (Å²) in [5.41, 5.74) is 7.59. The second kappa shape index (κ2) is 4.66. The van der Waals surface area contributed by atoms with Gasteiger partial charge in [0.05, 0.1) is 12.7 Å². The van der Waals surface area contributed by atoms with Crippen LogP contribution in [0.2, 0.25) is 0 Å². The van der Waals surface area contributed by atoms with E-state index in [1.807, 2.05) is 12.1 Å². The van der Waals surface area contributed by atoms with E-state index < -0.39 is 0 Å². The van der Waals surface area contributed by atoms with Crippen LogP contribution in [-0.2, 0) is 4.74 Å². The third-order valence-electron chi connectivity index (χ3n) is 2.60. The summed E-state index contributed by atoms with van der Waals surface area (Å²) in [5, 5.41) is 0. The minimum atomic E-state index is -0.331. The van der Waals surface area contributed by atoms with Crippen molar-refractivity contribution >= 4 is 5.97 Å². The highest BCUT2D eigenvalue weighted by molar-refractivity contribution is 5.89. The van der Waals surface area contributed by atoms with E-state index in [1.54, 1.807) is 12.1 Å². The second-order valence-corrected chi connectivity index (χ2v) is 4.96. The zero-order valence-corrected chi connectivity index (χ0v) is 10.3. The van der Waals surface area contributed by atoms with Gasteiger partial charge >= 0.3 is 5.97 Å². The molecule has 0 aliphatic heterocycles. The van der Waals surface area contributed by atoms with E-state index in [0.29, 0.717) is 5.56 Å². The zero-order chi connectivity index (χ0) is 12.3. The maximum atomic E-state index is 11.4. The van der Waals surface area contributed by atoms with Crippen LogP contribution in [0, 0.1) is 5.41 Å². The number of benzene rings is 1. The van der Waals surface area contributed by atoms with E-state index >= 15 is 0 Å². The van der Waals surface area contributed by atoms with Gasteiger partial charge in [0.15, 0.2) is 0 Å². The normalized spacial score (nSPS) is 13.3. The molecule has 0 amide bonds. The Morgan fingerprint density at radius 3 is 2.50 bits per heavy atom. The lowest BCUT2D eigenvalue weighted by Gasteiger charge is -2.27. The van der Waals surface area contributed by atoms with Crippen molar-refractivity contribution in [3.05, 3.63) is 35.4 Å². The van der Waals surface area contributed by atoms with Gasteiger partial charge in [-0.25, -0.2) is 4.79 Å². The average molecular weight is 221 g/mol. The first kappa shape index (κ1) is 12.7. The van der Waals surface area contributed by atoms with Gasteiger partial charge < -0.3 is 10.5 Å². The van der Waals surface area contributed by atoms with Crippen molar-refractivity contribution < 1.29 is 9.53 Å². The number of carbonyl (C=O) groups is 1. The van der Waals surface area contributed by atoms with Crippen LogP contribution in [0.5, 0.6) is 0 Å². The van der Waals surface area contributed by atoms with E-state index in [-0.39, 0.29) is 17.4 Å². The Balaban J connectivity index is 3.03. The topological polar surface area (TPSA) is 52.3 Å². The largest absolute Gasteiger partial charge is 0.465 e. The SMILES string of the molecule is COC(=O)c1cccc([C@H](N)C(C)(C)C)c1. The summed E-state index contributed by atoms with van der Waals surface area (Å²) in [4.78, 5) is 11.4. The van der Waals surface area contributed by atoms with Crippen LogP contribution in [0.3, 0.4) is 0 Å². The van der Waals surface area contributed by atoms with E-state index in [4.69, 9.17) is 5.73 Å². The molecule has 0 aliphatic rings. The molecule has 3 heteroatoms. The second-order valence-electron chi connectivity index (χ2n) is 4.96. The summed E-state index contributed by atoms with van der Waals surface area (Å²) in [7, 11) is 1.37. The van der Waals surface area contributed by atoms with Gasteiger partial charge in [-0.15, -0.1) is 0 Å². The number of hydrogen-bond acceptors (Lipinski definition) is 3. The fraction of sp³-hybridized carbons (Fsp3) is 0.462. The number of methoxy groups -OCH3 is 1. The van der Waals surface area contributed by atoms with E-state index in [0.717, 1.165) is 5.56 Å². The summed E-state index contributed by atoms with van der Waals surface area (Å²) in [6.45, 7) is 6.22. The number of ether oxygens (including phenoxy) is 1. The predicted octanol–water partition coefficient (Wildman–Crippen LogP) is 2.52. The van der Waals surface area contributed by atoms with Gasteiger partial charge in [-0.3, -0.25) is 0 Å². The molecule has 0 unspecified atom stereocenters. The Morgan fingerprint density at radius 2 is 2.00 bits per heavy atom. The van der Waals surface area contributed by atoms with Crippen LogP contribution < -0.4 is 5.73 Å². The Bertz CT molecular complexity index is 380. The summed E-state index contributed by atoms with van der Waals surface area (Å²) in [5.74, 6) is -0.331. The number of esters is 1. The number of rotatable bonds is 2. The number of carbonyl (C=O) groups excluding carboxylic acids is 1. The molecule has 1 aromatic carbocycles. The van der Waals surface area contributed by atoms with E-state index in [2.05, 4.69) is 25.5 Å². The molecular formula is C13H19NO2. The standard InChI is InChI=1S/C13H19NO2/c1-13(2,3)11(14)9-6-5-7-10(8-9)12(15)16-4/h5-8,11H,14H2,1-4H3/t11-/m0/s1. The summed E-state index contributed by atoms with van der Waals surface area (Å²) in [6, 6.07) is 7.18. The van der Waals surface area contributed by atoms with Crippen molar-refractivity contribution in [3.8, 4) is 0 Å². The van der Waals surface area contributed by atoms with Crippen molar-refractivity contribution in [1.82, 2.24) is 0 Å². The quantitative estimate of drug-likeness (QED) is 0.781. The number of hydrogen-bond donors (Lipinski definition) is 1. The van der Waals surface area contributed by atoms with Gasteiger partial charge in [-0.2, -0.15) is 0 Å². The van der Waals surface area contributed by atoms with Gasteiger partial charge in [0.25, 0.3) is 0 Å². The summed E-state index contributed by atoms with van der Waals surface area (Å²) in [6.07, 6.45) is 0. The average Bonchev–Trinajstić information content (AvgIpc) is 2.26. The molecular weight excluding hydrogens is 202 g/mol. The molecule has 0 aromatic heterocycles. The van der Waals surface area contributed by atoms with Crippen molar-refractivity contribution in [2.75, 3.05) is 7.11 Å². The van der Waals surface area contributed by atoms with Gasteiger partial charge in [0, 0.05) is 6.04 Å². The molecule has 2 N–H and O–H groups in total. The molecule has 0 saturated carbocycles. The minimum Gasteiger partial charge on any atom is -0.465 e. The number of nitrogens with two attached hydrogens (primary N) is 1. The molecule has 3 nitrogen and oxygen atoms in total. The Labute approximate surface area is 96.6 Å². The first-order valence-electron chi connectivity index (χ1n) is 5.30. The third-order valence-corrected chi connectivity index (χ3v) is 2.60. The van der Waals surface area contributed by atoms with Crippen LogP contribution in [-0.4, -0.2) is 13.1 Å². The zero-order valence-electron chi connectivity index (χ0n) is 10.3. The molecule has 0 fully saturated rings. The van der Waals surface area contributed by atoms with Gasteiger partial charge in [-0.1, -0.05) is 32.9 Å². The highest BCUT2D eigenvalue weighted by Gasteiger charge is 2.22. The molecule has 1 atom stereocenters. The molecule has 0 radical (unpaired) electrons. The summed E-state index contributed by atoms with van der Waals surface area (Å²) < 4.78 is 4.68. The smallest absolute Gasteiger partial charge is 0.337 e. The van der Waals surface area contributed by atoms with Crippen molar-refractivity contribution in [1.29, 1.82) is 0 Å². The molecule has 0 aliphatic carbocycles. The van der Waals surface area contributed by atoms with Crippen molar-refractivity contribution in [3.63, 3.8) is 0 Å². The van der Waals surface area contributed by atoms with Crippen LogP contribution in [0.4, 0.5) is 0 Å². The van der Waals surface area contributed by atoms with Gasteiger partial charge in [0.1, 0.15) is 0 Å². The highest BCUT2D eigenvalue weighted by atomic mass is 16.5. The first-order valence-corrected chi connectivity index (χ1v) is 5.30. The Kier molecular flexibility index (Phi) is 3.70. The predicted molar refractivity (Wildman–Crippen MR) is 64.2 cm³/mol. The molecule has 0 heterocycles. The van der Waals surface area contributed by atoms with Crippen molar-refractivity contribution in [2.45, 2.75) is 26.8 Å². The lowest BCUT2D eigenvalue weighted by molar-refractivity contribution is 0.0600. The highest BCUT2D eigenvalue weighted by Crippen LogP contribution is 2.30. The monoisotopic (exact) mass is 221 g/mol. The molecule has 1 rings (SSSR count). The van der Waals surface area contributed by atoms with Crippen LogP contribution in [0.25, 0.3) is 0 Å². The third kappa shape index (κ3) is 2.83. The molecule has 16 heavy (non-hydrogen) atoms.